The van der Waals surface area contributed by atoms with E-state index in [9.17, 15) is 9.18 Å². The molecule has 2 aromatic heterocycles. The molecule has 0 atom stereocenters. The Balaban J connectivity index is 2.49. The van der Waals surface area contributed by atoms with Crippen molar-refractivity contribution in [2.75, 3.05) is 6.61 Å². The number of carbonyl (C=O) groups is 1. The zero-order chi connectivity index (χ0) is 10.8. The number of esters is 1. The Labute approximate surface area is 84.5 Å². The number of fused-ring (bicyclic) bond motifs is 1. The van der Waals surface area contributed by atoms with Gasteiger partial charge in [0.15, 0.2) is 11.5 Å². The first-order valence-electron chi connectivity index (χ1n) is 4.38. The van der Waals surface area contributed by atoms with Gasteiger partial charge in [-0.2, -0.15) is 5.10 Å². The quantitative estimate of drug-likeness (QED) is 0.693. The third-order valence-electron chi connectivity index (χ3n) is 1.82. The molecular formula is C9H8FN3O2. The van der Waals surface area contributed by atoms with Gasteiger partial charge in [-0.25, -0.2) is 18.7 Å². The third kappa shape index (κ3) is 1.65. The van der Waals surface area contributed by atoms with Crippen molar-refractivity contribution < 1.29 is 13.9 Å². The van der Waals surface area contributed by atoms with Crippen LogP contribution < -0.4 is 0 Å². The summed E-state index contributed by atoms with van der Waals surface area (Å²) in [5.41, 5.74) is 0.520. The Hall–Kier alpha value is -1.98. The van der Waals surface area contributed by atoms with Crippen LogP contribution in [0, 0.1) is 5.82 Å². The molecule has 0 amide bonds. The molecule has 78 valence electrons. The first-order chi connectivity index (χ1) is 7.22. The molecule has 0 aliphatic carbocycles. The predicted molar refractivity (Wildman–Crippen MR) is 48.9 cm³/mol. The first-order valence-corrected chi connectivity index (χ1v) is 4.38. The number of hydrogen-bond donors (Lipinski definition) is 0. The van der Waals surface area contributed by atoms with E-state index in [1.807, 2.05) is 0 Å². The lowest BCUT2D eigenvalue weighted by Gasteiger charge is -1.98. The van der Waals surface area contributed by atoms with Crippen LogP contribution in [0.5, 0.6) is 0 Å². The highest BCUT2D eigenvalue weighted by Gasteiger charge is 2.14. The van der Waals surface area contributed by atoms with Crippen molar-refractivity contribution in [1.29, 1.82) is 0 Å². The first kappa shape index (κ1) is 9.57. The van der Waals surface area contributed by atoms with Crippen molar-refractivity contribution >= 4 is 11.6 Å². The van der Waals surface area contributed by atoms with E-state index in [-0.39, 0.29) is 17.8 Å². The molecule has 2 aromatic rings. The molecule has 0 N–H and O–H groups in total. The van der Waals surface area contributed by atoms with E-state index in [0.717, 1.165) is 12.4 Å². The largest absolute Gasteiger partial charge is 0.462 e. The van der Waals surface area contributed by atoms with Crippen molar-refractivity contribution in [3.63, 3.8) is 0 Å². The molecule has 6 heteroatoms. The molecule has 0 aliphatic heterocycles. The van der Waals surface area contributed by atoms with Gasteiger partial charge in [0.2, 0.25) is 0 Å². The molecule has 0 spiro atoms. The fraction of sp³-hybridized carbons (Fsp3) is 0.222. The molecule has 15 heavy (non-hydrogen) atoms. The van der Waals surface area contributed by atoms with Crippen LogP contribution in [0.3, 0.4) is 0 Å². The summed E-state index contributed by atoms with van der Waals surface area (Å²) >= 11 is 0. The minimum absolute atomic E-state index is 0.233. The van der Waals surface area contributed by atoms with Gasteiger partial charge in [0.05, 0.1) is 25.2 Å². The summed E-state index contributed by atoms with van der Waals surface area (Å²) in [6.07, 6.45) is 3.48. The van der Waals surface area contributed by atoms with Crippen LogP contribution in [0.25, 0.3) is 5.65 Å². The van der Waals surface area contributed by atoms with E-state index >= 15 is 0 Å². The summed E-state index contributed by atoms with van der Waals surface area (Å²) in [5, 5.41) is 3.80. The number of ether oxygens (including phenoxy) is 1. The average Bonchev–Trinajstić information content (AvgIpc) is 2.60. The third-order valence-corrected chi connectivity index (χ3v) is 1.82. The summed E-state index contributed by atoms with van der Waals surface area (Å²) < 4.78 is 18.8. The predicted octanol–water partition coefficient (Wildman–Crippen LogP) is 1.05. The van der Waals surface area contributed by atoms with E-state index < -0.39 is 11.8 Å². The zero-order valence-electron chi connectivity index (χ0n) is 7.98. The van der Waals surface area contributed by atoms with E-state index in [1.54, 1.807) is 6.92 Å². The van der Waals surface area contributed by atoms with Gasteiger partial charge in [-0.3, -0.25) is 0 Å². The van der Waals surface area contributed by atoms with Crippen molar-refractivity contribution in [1.82, 2.24) is 14.6 Å². The van der Waals surface area contributed by atoms with Crippen molar-refractivity contribution in [3.05, 3.63) is 30.0 Å². The maximum atomic E-state index is 12.8. The highest BCUT2D eigenvalue weighted by Crippen LogP contribution is 2.09. The molecular weight excluding hydrogens is 201 g/mol. The monoisotopic (exact) mass is 209 g/mol. The van der Waals surface area contributed by atoms with Gasteiger partial charge >= 0.3 is 5.97 Å². The van der Waals surface area contributed by atoms with Crippen LogP contribution >= 0.6 is 0 Å². The van der Waals surface area contributed by atoms with Gasteiger partial charge in [0.1, 0.15) is 5.56 Å². The van der Waals surface area contributed by atoms with Crippen LogP contribution in [0.15, 0.2) is 18.6 Å². The molecule has 2 heterocycles. The molecule has 0 aromatic carbocycles. The molecule has 0 fully saturated rings. The SMILES string of the molecule is CCOC(=O)c1cnn2cc(F)cnc12. The smallest absolute Gasteiger partial charge is 0.343 e. The Morgan fingerprint density at radius 3 is 3.13 bits per heavy atom. The Bertz CT molecular complexity index is 509. The summed E-state index contributed by atoms with van der Waals surface area (Å²) in [7, 11) is 0. The molecule has 0 aliphatic rings. The molecule has 0 radical (unpaired) electrons. The molecule has 0 bridgehead atoms. The minimum Gasteiger partial charge on any atom is -0.462 e. The summed E-state index contributed by atoms with van der Waals surface area (Å²) in [6.45, 7) is 1.98. The highest BCUT2D eigenvalue weighted by molar-refractivity contribution is 5.95. The summed E-state index contributed by atoms with van der Waals surface area (Å²) in [4.78, 5) is 15.2. The van der Waals surface area contributed by atoms with Crippen LogP contribution in [0.2, 0.25) is 0 Å². The lowest BCUT2D eigenvalue weighted by molar-refractivity contribution is 0.0528. The molecule has 2 rings (SSSR count). The maximum absolute atomic E-state index is 12.8. The second-order valence-electron chi connectivity index (χ2n) is 2.82. The summed E-state index contributed by atoms with van der Waals surface area (Å²) in [6, 6.07) is 0. The number of halogens is 1. The number of hydrogen-bond acceptors (Lipinski definition) is 4. The normalized spacial score (nSPS) is 10.5. The molecule has 0 unspecified atom stereocenters. The van der Waals surface area contributed by atoms with Crippen LogP contribution in [0.4, 0.5) is 4.39 Å². The number of nitrogens with zero attached hydrogens (tertiary/aromatic N) is 3. The fourth-order valence-corrected chi connectivity index (χ4v) is 1.20. The fourth-order valence-electron chi connectivity index (χ4n) is 1.20. The van der Waals surface area contributed by atoms with Crippen molar-refractivity contribution in [2.24, 2.45) is 0 Å². The van der Waals surface area contributed by atoms with Crippen LogP contribution in [-0.2, 0) is 4.74 Å². The lowest BCUT2D eigenvalue weighted by atomic mass is 10.3. The molecule has 0 saturated carbocycles. The standard InChI is InChI=1S/C9H8FN3O2/c1-2-15-9(14)7-4-12-13-5-6(10)3-11-8(7)13/h3-5H,2H2,1H3. The number of aromatic nitrogens is 3. The van der Waals surface area contributed by atoms with E-state index in [2.05, 4.69) is 10.1 Å². The average molecular weight is 209 g/mol. The zero-order valence-corrected chi connectivity index (χ0v) is 7.98. The van der Waals surface area contributed by atoms with Gasteiger partial charge in [-0.1, -0.05) is 0 Å². The van der Waals surface area contributed by atoms with Gasteiger partial charge in [-0.05, 0) is 6.92 Å². The summed E-state index contributed by atoms with van der Waals surface area (Å²) in [5.74, 6) is -1.02. The second kappa shape index (κ2) is 3.64. The van der Waals surface area contributed by atoms with Gasteiger partial charge in [-0.15, -0.1) is 0 Å². The Morgan fingerprint density at radius 2 is 2.40 bits per heavy atom. The van der Waals surface area contributed by atoms with Crippen molar-refractivity contribution in [3.8, 4) is 0 Å². The van der Waals surface area contributed by atoms with Crippen molar-refractivity contribution in [2.45, 2.75) is 6.92 Å². The number of rotatable bonds is 2. The van der Waals surface area contributed by atoms with Crippen LogP contribution in [0.1, 0.15) is 17.3 Å². The van der Waals surface area contributed by atoms with Gasteiger partial charge in [0, 0.05) is 0 Å². The second-order valence-corrected chi connectivity index (χ2v) is 2.82. The van der Waals surface area contributed by atoms with Gasteiger partial charge < -0.3 is 4.74 Å². The molecule has 0 saturated heterocycles. The topological polar surface area (TPSA) is 56.5 Å². The maximum Gasteiger partial charge on any atom is 0.343 e. The minimum atomic E-state index is -0.513. The number of carbonyl (C=O) groups excluding carboxylic acids is 1. The Kier molecular flexibility index (Phi) is 2.32. The molecule has 5 nitrogen and oxygen atoms in total. The van der Waals surface area contributed by atoms with Gasteiger partial charge in [0.25, 0.3) is 0 Å². The Morgan fingerprint density at radius 1 is 1.60 bits per heavy atom. The highest BCUT2D eigenvalue weighted by atomic mass is 19.1. The van der Waals surface area contributed by atoms with E-state index in [4.69, 9.17) is 4.74 Å². The lowest BCUT2D eigenvalue weighted by Crippen LogP contribution is -2.04. The van der Waals surface area contributed by atoms with Crippen LogP contribution in [-0.4, -0.2) is 27.2 Å². The van der Waals surface area contributed by atoms with E-state index in [0.29, 0.717) is 0 Å². The van der Waals surface area contributed by atoms with E-state index in [1.165, 1.54) is 10.7 Å².